The van der Waals surface area contributed by atoms with Crippen LogP contribution in [0.2, 0.25) is 0 Å². The van der Waals surface area contributed by atoms with E-state index in [-0.39, 0.29) is 45.7 Å². The van der Waals surface area contributed by atoms with E-state index in [9.17, 15) is 33.6 Å². The fourth-order valence-electron chi connectivity index (χ4n) is 5.24. The number of likely N-dealkylation sites (tertiary alicyclic amines) is 1. The van der Waals surface area contributed by atoms with E-state index in [1.165, 1.54) is 4.90 Å². The monoisotopic (exact) mass is 737 g/mol. The van der Waals surface area contributed by atoms with E-state index in [1.807, 2.05) is 6.07 Å². The van der Waals surface area contributed by atoms with E-state index in [1.54, 1.807) is 75.4 Å². The molecule has 17 nitrogen and oxygen atoms in total. The Morgan fingerprint density at radius 1 is 0.943 bits per heavy atom. The van der Waals surface area contributed by atoms with Crippen molar-refractivity contribution in [1.29, 1.82) is 5.41 Å². The molecular formula is C36H47N7O10. The summed E-state index contributed by atoms with van der Waals surface area (Å²) >= 11 is 0. The highest BCUT2D eigenvalue weighted by atomic mass is 16.6. The molecule has 0 aromatic heterocycles. The van der Waals surface area contributed by atoms with Gasteiger partial charge < -0.3 is 39.9 Å². The molecule has 2 aromatic rings. The van der Waals surface area contributed by atoms with Gasteiger partial charge in [-0.3, -0.25) is 25.1 Å². The maximum Gasteiger partial charge on any atom is 0.416 e. The van der Waals surface area contributed by atoms with Crippen LogP contribution in [0.5, 0.6) is 0 Å². The molecule has 0 saturated carbocycles. The van der Waals surface area contributed by atoms with Gasteiger partial charge in [0.05, 0.1) is 12.6 Å². The predicted molar refractivity (Wildman–Crippen MR) is 190 cm³/mol. The largest absolute Gasteiger partial charge is 0.444 e. The first-order valence-electron chi connectivity index (χ1n) is 17.1. The van der Waals surface area contributed by atoms with Crippen LogP contribution in [-0.2, 0) is 46.6 Å². The van der Waals surface area contributed by atoms with Crippen LogP contribution in [0.3, 0.4) is 0 Å². The summed E-state index contributed by atoms with van der Waals surface area (Å²) in [5.41, 5.74) is 0.625. The van der Waals surface area contributed by atoms with E-state index < -0.39 is 59.8 Å². The smallest absolute Gasteiger partial charge is 0.416 e. The van der Waals surface area contributed by atoms with Crippen molar-refractivity contribution in [3.63, 3.8) is 0 Å². The fourth-order valence-corrected chi connectivity index (χ4v) is 5.24. The van der Waals surface area contributed by atoms with Gasteiger partial charge in [0.1, 0.15) is 37.2 Å². The van der Waals surface area contributed by atoms with Crippen LogP contribution in [0.4, 0.5) is 14.4 Å². The SMILES string of the molecule is CC(C)(C)OC(=O)NC[C@H](NC=O)C(=O)N1CCC[C@H]1C(=O)N[C@H](C=O)CCCN(C(=N)NC(=O)OCc1ccccc1)C(=O)OCc1ccccc1. The lowest BCUT2D eigenvalue weighted by Crippen LogP contribution is -2.56. The maximum absolute atomic E-state index is 13.4. The third-order valence-electron chi connectivity index (χ3n) is 7.77. The first-order valence-corrected chi connectivity index (χ1v) is 17.1. The minimum atomic E-state index is -1.18. The number of benzene rings is 2. The van der Waals surface area contributed by atoms with Crippen molar-refractivity contribution in [2.45, 2.75) is 83.4 Å². The standard InChI is InChI=1S/C36H47N7O10/c1-36(2,3)53-33(48)38-20-28(39-24-45)31(47)42-18-11-17-29(42)30(46)40-27(21-44)16-10-19-43(35(50)52-23-26-14-8-5-9-15-26)32(37)41-34(49)51-22-25-12-6-4-7-13-25/h4-9,12-15,21,24,27-29H,10-11,16-20,22-23H2,1-3H3,(H,38,48)(H,39,45)(H,40,46)(H2,37,41,49)/t27-,28-,29-/m0/s1. The highest BCUT2D eigenvalue weighted by Crippen LogP contribution is 2.19. The van der Waals surface area contributed by atoms with E-state index in [4.69, 9.17) is 19.6 Å². The van der Waals surface area contributed by atoms with Gasteiger partial charge in [0, 0.05) is 13.1 Å². The lowest BCUT2D eigenvalue weighted by atomic mass is 10.1. The van der Waals surface area contributed by atoms with Gasteiger partial charge in [-0.15, -0.1) is 0 Å². The molecule has 0 radical (unpaired) electrons. The predicted octanol–water partition coefficient (Wildman–Crippen LogP) is 2.58. The molecule has 3 atom stereocenters. The molecule has 0 aliphatic carbocycles. The Kier molecular flexibility index (Phi) is 16.2. The lowest BCUT2D eigenvalue weighted by Gasteiger charge is -2.29. The van der Waals surface area contributed by atoms with E-state index in [2.05, 4.69) is 21.3 Å². The molecular weight excluding hydrogens is 690 g/mol. The lowest BCUT2D eigenvalue weighted by molar-refractivity contribution is -0.141. The van der Waals surface area contributed by atoms with Crippen LogP contribution in [0.1, 0.15) is 57.6 Å². The zero-order chi connectivity index (χ0) is 38.8. The van der Waals surface area contributed by atoms with Crippen molar-refractivity contribution in [3.8, 4) is 0 Å². The summed E-state index contributed by atoms with van der Waals surface area (Å²) in [5, 5.41) is 18.1. The molecule has 1 saturated heterocycles. The first-order chi connectivity index (χ1) is 25.3. The Hall–Kier alpha value is -6.00. The Morgan fingerprint density at radius 2 is 1.57 bits per heavy atom. The van der Waals surface area contributed by atoms with Crippen LogP contribution in [-0.4, -0.2) is 102 Å². The number of rotatable bonds is 16. The number of carbonyl (C=O) groups excluding carboxylic acids is 7. The Balaban J connectivity index is 1.59. The summed E-state index contributed by atoms with van der Waals surface area (Å²) in [4.78, 5) is 89.8. The normalized spacial score (nSPS) is 14.8. The summed E-state index contributed by atoms with van der Waals surface area (Å²) < 4.78 is 15.7. The number of alkyl carbamates (subject to hydrolysis) is 2. The molecule has 1 heterocycles. The van der Waals surface area contributed by atoms with Crippen LogP contribution < -0.4 is 21.3 Å². The average molecular weight is 738 g/mol. The molecule has 53 heavy (non-hydrogen) atoms. The van der Waals surface area contributed by atoms with Gasteiger partial charge in [0.2, 0.25) is 24.2 Å². The molecule has 5 N–H and O–H groups in total. The van der Waals surface area contributed by atoms with Crippen molar-refractivity contribution in [3.05, 3.63) is 71.8 Å². The van der Waals surface area contributed by atoms with Crippen LogP contribution in [0.15, 0.2) is 60.7 Å². The molecule has 0 bridgehead atoms. The molecule has 6 amide bonds. The van der Waals surface area contributed by atoms with Crippen molar-refractivity contribution in [1.82, 2.24) is 31.1 Å². The van der Waals surface area contributed by atoms with Crippen molar-refractivity contribution >= 4 is 48.7 Å². The number of carbonyl (C=O) groups is 7. The number of guanidine groups is 1. The summed E-state index contributed by atoms with van der Waals surface area (Å²) in [6.07, 6.45) is -0.981. The van der Waals surface area contributed by atoms with Gasteiger partial charge in [-0.2, -0.15) is 0 Å². The van der Waals surface area contributed by atoms with Gasteiger partial charge in [0.25, 0.3) is 0 Å². The Labute approximate surface area is 307 Å². The zero-order valence-corrected chi connectivity index (χ0v) is 30.0. The fraction of sp³-hybridized carbons (Fsp3) is 0.444. The van der Waals surface area contributed by atoms with E-state index in [0.717, 1.165) is 4.90 Å². The number of hydrogen-bond donors (Lipinski definition) is 5. The molecule has 3 rings (SSSR count). The van der Waals surface area contributed by atoms with Crippen molar-refractivity contribution in [2.24, 2.45) is 0 Å². The number of amides is 6. The van der Waals surface area contributed by atoms with Gasteiger partial charge in [-0.05, 0) is 57.6 Å². The highest BCUT2D eigenvalue weighted by molar-refractivity contribution is 5.99. The summed E-state index contributed by atoms with van der Waals surface area (Å²) in [6, 6.07) is 14.6. The molecule has 1 aliphatic rings. The Morgan fingerprint density at radius 3 is 2.15 bits per heavy atom. The average Bonchev–Trinajstić information content (AvgIpc) is 3.63. The second-order valence-electron chi connectivity index (χ2n) is 13.0. The molecule has 17 heteroatoms. The molecule has 286 valence electrons. The number of hydrogen-bond acceptors (Lipinski definition) is 11. The minimum absolute atomic E-state index is 0.0270. The molecule has 0 spiro atoms. The Bertz CT molecular complexity index is 1570. The summed E-state index contributed by atoms with van der Waals surface area (Å²) in [7, 11) is 0. The van der Waals surface area contributed by atoms with Crippen LogP contribution in [0.25, 0.3) is 0 Å². The molecule has 2 aromatic carbocycles. The summed E-state index contributed by atoms with van der Waals surface area (Å²) in [6.45, 7) is 4.58. The number of nitrogens with one attached hydrogen (secondary N) is 5. The van der Waals surface area contributed by atoms with Crippen molar-refractivity contribution in [2.75, 3.05) is 19.6 Å². The van der Waals surface area contributed by atoms with Crippen molar-refractivity contribution < 1.29 is 47.8 Å². The van der Waals surface area contributed by atoms with Crippen LogP contribution >= 0.6 is 0 Å². The summed E-state index contributed by atoms with van der Waals surface area (Å²) in [5.74, 6) is -1.83. The van der Waals surface area contributed by atoms with Crippen LogP contribution in [0, 0.1) is 5.41 Å². The number of nitrogens with zero attached hydrogens (tertiary/aromatic N) is 2. The topological polar surface area (TPSA) is 226 Å². The van der Waals surface area contributed by atoms with E-state index >= 15 is 0 Å². The van der Waals surface area contributed by atoms with Gasteiger partial charge in [0.15, 0.2) is 0 Å². The number of ether oxygens (including phenoxy) is 3. The number of aldehydes is 1. The second-order valence-corrected chi connectivity index (χ2v) is 13.0. The third-order valence-corrected chi connectivity index (χ3v) is 7.77. The van der Waals surface area contributed by atoms with E-state index in [0.29, 0.717) is 36.7 Å². The quantitative estimate of drug-likeness (QED) is 0.0733. The second kappa shape index (κ2) is 20.8. The molecule has 1 aliphatic heterocycles. The maximum atomic E-state index is 13.4. The van der Waals surface area contributed by atoms with Gasteiger partial charge >= 0.3 is 18.3 Å². The van der Waals surface area contributed by atoms with Gasteiger partial charge in [-0.1, -0.05) is 60.7 Å². The molecule has 0 unspecified atom stereocenters. The van der Waals surface area contributed by atoms with Gasteiger partial charge in [-0.25, -0.2) is 19.3 Å². The highest BCUT2D eigenvalue weighted by Gasteiger charge is 2.38. The first kappa shape index (κ1) is 41.4. The molecule has 1 fully saturated rings. The zero-order valence-electron chi connectivity index (χ0n) is 30.0. The third kappa shape index (κ3) is 14.3. The minimum Gasteiger partial charge on any atom is -0.444 e.